The topological polar surface area (TPSA) is 62.8 Å². The van der Waals surface area contributed by atoms with Gasteiger partial charge in [-0.15, -0.1) is 0 Å². The van der Waals surface area contributed by atoms with Crippen molar-refractivity contribution < 1.29 is 19.0 Å². The molecule has 0 aromatic heterocycles. The van der Waals surface area contributed by atoms with E-state index < -0.39 is 0 Å². The third kappa shape index (κ3) is 6.63. The Labute approximate surface area is 154 Å². The van der Waals surface area contributed by atoms with Crippen molar-refractivity contribution in [1.29, 1.82) is 0 Å². The van der Waals surface area contributed by atoms with Crippen molar-refractivity contribution in [2.45, 2.75) is 26.2 Å². The van der Waals surface area contributed by atoms with Crippen LogP contribution in [0.25, 0.3) is 0 Å². The minimum Gasteiger partial charge on any atom is -0.493 e. The van der Waals surface area contributed by atoms with E-state index in [9.17, 15) is 9.50 Å². The molecule has 5 nitrogen and oxygen atoms in total. The number of hydrogen-bond acceptors (Lipinski definition) is 5. The van der Waals surface area contributed by atoms with Crippen LogP contribution in [0.5, 0.6) is 11.5 Å². The molecule has 0 radical (unpaired) electrons. The van der Waals surface area contributed by atoms with Crippen LogP contribution in [0.2, 0.25) is 0 Å². The number of aliphatic hydroxyl groups excluding tert-OH is 1. The summed E-state index contributed by atoms with van der Waals surface area (Å²) in [5, 5.41) is 15.7. The monoisotopic (exact) mass is 362 g/mol. The Balaban J connectivity index is 1.92. The average molecular weight is 362 g/mol. The van der Waals surface area contributed by atoms with Gasteiger partial charge in [-0.25, -0.2) is 4.39 Å². The second kappa shape index (κ2) is 10.8. The summed E-state index contributed by atoms with van der Waals surface area (Å²) in [7, 11) is 1.61. The minimum atomic E-state index is -0.347. The van der Waals surface area contributed by atoms with Gasteiger partial charge in [0.05, 0.1) is 13.2 Å². The Morgan fingerprint density at radius 3 is 2.50 bits per heavy atom. The predicted octanol–water partition coefficient (Wildman–Crippen LogP) is 2.47. The molecule has 1 unspecified atom stereocenters. The molecule has 0 saturated heterocycles. The molecule has 26 heavy (non-hydrogen) atoms. The normalized spacial score (nSPS) is 12.0. The number of nitrogens with one attached hydrogen (secondary N) is 2. The molecule has 3 N–H and O–H groups in total. The van der Waals surface area contributed by atoms with E-state index in [-0.39, 0.29) is 11.9 Å². The molecule has 0 heterocycles. The van der Waals surface area contributed by atoms with Crippen molar-refractivity contribution >= 4 is 0 Å². The van der Waals surface area contributed by atoms with Crippen molar-refractivity contribution in [2.75, 3.05) is 26.7 Å². The van der Waals surface area contributed by atoms with Crippen LogP contribution in [0.1, 0.15) is 18.1 Å². The lowest BCUT2D eigenvalue weighted by Crippen LogP contribution is -2.31. The summed E-state index contributed by atoms with van der Waals surface area (Å²) < 4.78 is 24.4. The summed E-state index contributed by atoms with van der Waals surface area (Å²) in [6.45, 7) is 4.83. The number of aliphatic hydroxyl groups is 1. The second-order valence-electron chi connectivity index (χ2n) is 6.09. The number of halogens is 1. The van der Waals surface area contributed by atoms with Gasteiger partial charge in [-0.05, 0) is 30.7 Å². The summed E-state index contributed by atoms with van der Waals surface area (Å²) in [5.41, 5.74) is 1.88. The first-order valence-corrected chi connectivity index (χ1v) is 8.72. The van der Waals surface area contributed by atoms with Crippen LogP contribution >= 0.6 is 0 Å². The van der Waals surface area contributed by atoms with E-state index in [1.807, 2.05) is 18.2 Å². The van der Waals surface area contributed by atoms with Crippen LogP contribution in [0.4, 0.5) is 4.39 Å². The van der Waals surface area contributed by atoms with Gasteiger partial charge in [-0.3, -0.25) is 0 Å². The Bertz CT molecular complexity index is 663. The summed E-state index contributed by atoms with van der Waals surface area (Å²) in [6, 6.07) is 12.0. The van der Waals surface area contributed by atoms with Crippen molar-refractivity contribution in [3.05, 3.63) is 59.4 Å². The molecule has 0 aliphatic carbocycles. The lowest BCUT2D eigenvalue weighted by atomic mass is 10.1. The Morgan fingerprint density at radius 2 is 1.81 bits per heavy atom. The molecule has 0 fully saturated rings. The molecule has 0 aliphatic rings. The maximum atomic E-state index is 13.0. The molecule has 0 bridgehead atoms. The molecule has 6 heteroatoms. The van der Waals surface area contributed by atoms with Gasteiger partial charge in [0.25, 0.3) is 0 Å². The van der Waals surface area contributed by atoms with Crippen molar-refractivity contribution in [3.63, 3.8) is 0 Å². The van der Waals surface area contributed by atoms with Gasteiger partial charge in [0.1, 0.15) is 12.4 Å². The Kier molecular flexibility index (Phi) is 8.34. The van der Waals surface area contributed by atoms with E-state index in [1.54, 1.807) is 26.2 Å². The molecule has 0 spiro atoms. The highest BCUT2D eigenvalue weighted by Crippen LogP contribution is 2.31. The zero-order valence-corrected chi connectivity index (χ0v) is 15.3. The lowest BCUT2D eigenvalue weighted by molar-refractivity contribution is 0.191. The highest BCUT2D eigenvalue weighted by Gasteiger charge is 2.11. The molecule has 142 valence electrons. The van der Waals surface area contributed by atoms with Crippen molar-refractivity contribution in [1.82, 2.24) is 10.6 Å². The van der Waals surface area contributed by atoms with E-state index in [0.717, 1.165) is 24.2 Å². The number of methoxy groups -OCH3 is 1. The Morgan fingerprint density at radius 1 is 1.08 bits per heavy atom. The van der Waals surface area contributed by atoms with Gasteiger partial charge in [0.2, 0.25) is 0 Å². The molecule has 2 aromatic rings. The first-order chi connectivity index (χ1) is 12.6. The average Bonchev–Trinajstić information content (AvgIpc) is 2.64. The summed E-state index contributed by atoms with van der Waals surface area (Å²) >= 11 is 0. The first-order valence-electron chi connectivity index (χ1n) is 8.72. The van der Waals surface area contributed by atoms with Crippen molar-refractivity contribution in [3.8, 4) is 11.5 Å². The molecule has 2 aromatic carbocycles. The number of ether oxygens (including phenoxy) is 2. The first kappa shape index (κ1) is 20.2. The van der Waals surface area contributed by atoms with Crippen LogP contribution in [0.3, 0.4) is 0 Å². The van der Waals surface area contributed by atoms with Gasteiger partial charge < -0.3 is 25.2 Å². The molecular weight excluding hydrogens is 335 g/mol. The molecule has 0 aliphatic heterocycles. The zero-order valence-electron chi connectivity index (χ0n) is 15.3. The van der Waals surface area contributed by atoms with Gasteiger partial charge >= 0.3 is 0 Å². The maximum Gasteiger partial charge on any atom is 0.166 e. The molecule has 2 rings (SSSR count). The van der Waals surface area contributed by atoms with Crippen LogP contribution in [-0.4, -0.2) is 38.0 Å². The SMILES string of the molecule is COc1cccc(CNCCNCC(C)O)c1OCc1ccc(F)cc1. The number of para-hydroxylation sites is 1. The number of hydrogen-bond donors (Lipinski definition) is 3. The fourth-order valence-electron chi connectivity index (χ4n) is 2.47. The van der Waals surface area contributed by atoms with Crippen LogP contribution in [0.15, 0.2) is 42.5 Å². The summed E-state index contributed by atoms with van der Waals surface area (Å²) in [5.74, 6) is 1.09. The number of benzene rings is 2. The maximum absolute atomic E-state index is 13.0. The van der Waals surface area contributed by atoms with E-state index in [4.69, 9.17) is 9.47 Å². The Hall–Kier alpha value is -2.15. The molecular formula is C20H27FN2O3. The minimum absolute atomic E-state index is 0.264. The smallest absolute Gasteiger partial charge is 0.166 e. The molecule has 1 atom stereocenters. The van der Waals surface area contributed by atoms with E-state index in [1.165, 1.54) is 12.1 Å². The predicted molar refractivity (Wildman–Crippen MR) is 100.0 cm³/mol. The number of rotatable bonds is 11. The van der Waals surface area contributed by atoms with Gasteiger partial charge in [0.15, 0.2) is 11.5 Å². The zero-order chi connectivity index (χ0) is 18.8. The van der Waals surface area contributed by atoms with E-state index >= 15 is 0 Å². The van der Waals surface area contributed by atoms with Crippen LogP contribution < -0.4 is 20.1 Å². The van der Waals surface area contributed by atoms with Crippen LogP contribution in [0, 0.1) is 5.82 Å². The van der Waals surface area contributed by atoms with Gasteiger partial charge in [0, 0.05) is 31.7 Å². The quantitative estimate of drug-likeness (QED) is 0.536. The fourth-order valence-corrected chi connectivity index (χ4v) is 2.47. The molecule has 0 saturated carbocycles. The van der Waals surface area contributed by atoms with E-state index in [0.29, 0.717) is 31.2 Å². The second-order valence-corrected chi connectivity index (χ2v) is 6.09. The highest BCUT2D eigenvalue weighted by atomic mass is 19.1. The van der Waals surface area contributed by atoms with Crippen molar-refractivity contribution in [2.24, 2.45) is 0 Å². The fraction of sp³-hybridized carbons (Fsp3) is 0.400. The third-order valence-electron chi connectivity index (χ3n) is 3.81. The van der Waals surface area contributed by atoms with Crippen LogP contribution in [-0.2, 0) is 13.2 Å². The summed E-state index contributed by atoms with van der Waals surface area (Å²) in [6.07, 6.45) is -0.347. The standard InChI is InChI=1S/C20H27FN2O3/c1-15(24)12-22-10-11-23-13-17-4-3-5-19(25-2)20(17)26-14-16-6-8-18(21)9-7-16/h3-9,15,22-24H,10-14H2,1-2H3. The third-order valence-corrected chi connectivity index (χ3v) is 3.81. The largest absolute Gasteiger partial charge is 0.493 e. The molecule has 0 amide bonds. The van der Waals surface area contributed by atoms with E-state index in [2.05, 4.69) is 10.6 Å². The van der Waals surface area contributed by atoms with Gasteiger partial charge in [-0.1, -0.05) is 24.3 Å². The highest BCUT2D eigenvalue weighted by molar-refractivity contribution is 5.46. The lowest BCUT2D eigenvalue weighted by Gasteiger charge is -2.16. The van der Waals surface area contributed by atoms with Gasteiger partial charge in [-0.2, -0.15) is 0 Å². The summed E-state index contributed by atoms with van der Waals surface area (Å²) in [4.78, 5) is 0.